The predicted molar refractivity (Wildman–Crippen MR) is 79.6 cm³/mol. The molecule has 0 aromatic heterocycles. The Labute approximate surface area is 129 Å². The lowest BCUT2D eigenvalue weighted by Gasteiger charge is -2.26. The number of rotatable bonds is 4. The van der Waals surface area contributed by atoms with E-state index in [-0.39, 0.29) is 6.61 Å². The van der Waals surface area contributed by atoms with Crippen LogP contribution in [0.1, 0.15) is 5.56 Å². The Morgan fingerprint density at radius 1 is 1.23 bits per heavy atom. The molecule has 3 rings (SSSR count). The lowest BCUT2D eigenvalue weighted by Crippen LogP contribution is -2.38. The van der Waals surface area contributed by atoms with E-state index in [2.05, 4.69) is 4.90 Å². The SMILES string of the molecule is O=C(OCCN1CCOCC1)OC1=Cc2ccccc2OC1. The molecule has 0 N–H and O–H groups in total. The normalized spacial score (nSPS) is 17.9. The van der Waals surface area contributed by atoms with Crippen molar-refractivity contribution in [2.45, 2.75) is 0 Å². The van der Waals surface area contributed by atoms with E-state index < -0.39 is 6.16 Å². The molecule has 6 heteroatoms. The Hall–Kier alpha value is -2.05. The number of carbonyl (C=O) groups is 1. The van der Waals surface area contributed by atoms with Gasteiger partial charge in [0.25, 0.3) is 0 Å². The first-order valence-electron chi connectivity index (χ1n) is 7.38. The Morgan fingerprint density at radius 3 is 2.91 bits per heavy atom. The van der Waals surface area contributed by atoms with Crippen LogP contribution in [0.15, 0.2) is 30.0 Å². The second-order valence-electron chi connectivity index (χ2n) is 5.09. The van der Waals surface area contributed by atoms with E-state index in [9.17, 15) is 4.79 Å². The van der Waals surface area contributed by atoms with Gasteiger partial charge in [0.15, 0.2) is 0 Å². The summed E-state index contributed by atoms with van der Waals surface area (Å²) in [6.45, 7) is 4.43. The van der Waals surface area contributed by atoms with Crippen molar-refractivity contribution >= 4 is 12.2 Å². The number of ether oxygens (including phenoxy) is 4. The summed E-state index contributed by atoms with van der Waals surface area (Å²) >= 11 is 0. The van der Waals surface area contributed by atoms with E-state index in [1.807, 2.05) is 24.3 Å². The fraction of sp³-hybridized carbons (Fsp3) is 0.438. The minimum absolute atomic E-state index is 0.232. The summed E-state index contributed by atoms with van der Waals surface area (Å²) < 4.78 is 21.0. The van der Waals surface area contributed by atoms with Crippen LogP contribution in [0.4, 0.5) is 4.79 Å². The summed E-state index contributed by atoms with van der Waals surface area (Å²) in [5.41, 5.74) is 0.893. The fourth-order valence-corrected chi connectivity index (χ4v) is 2.37. The Bertz CT molecular complexity index is 551. The largest absolute Gasteiger partial charge is 0.513 e. The van der Waals surface area contributed by atoms with Crippen LogP contribution in [0, 0.1) is 0 Å². The molecule has 22 heavy (non-hydrogen) atoms. The van der Waals surface area contributed by atoms with Gasteiger partial charge in [0.05, 0.1) is 13.2 Å². The lowest BCUT2D eigenvalue weighted by atomic mass is 10.1. The van der Waals surface area contributed by atoms with Gasteiger partial charge >= 0.3 is 6.16 Å². The molecule has 2 aliphatic heterocycles. The molecular weight excluding hydrogens is 286 g/mol. The van der Waals surface area contributed by atoms with E-state index >= 15 is 0 Å². The molecule has 2 aliphatic rings. The van der Waals surface area contributed by atoms with E-state index in [1.165, 1.54) is 0 Å². The number of morpholine rings is 1. The molecule has 0 spiro atoms. The zero-order valence-corrected chi connectivity index (χ0v) is 12.3. The third-order valence-corrected chi connectivity index (χ3v) is 3.55. The van der Waals surface area contributed by atoms with E-state index in [0.29, 0.717) is 18.9 Å². The number of fused-ring (bicyclic) bond motifs is 1. The van der Waals surface area contributed by atoms with Crippen LogP contribution >= 0.6 is 0 Å². The van der Waals surface area contributed by atoms with Crippen LogP contribution in [0.3, 0.4) is 0 Å². The summed E-state index contributed by atoms with van der Waals surface area (Å²) in [7, 11) is 0. The van der Waals surface area contributed by atoms with Gasteiger partial charge < -0.3 is 18.9 Å². The summed E-state index contributed by atoms with van der Waals surface area (Å²) in [5, 5.41) is 0. The maximum absolute atomic E-state index is 11.7. The van der Waals surface area contributed by atoms with Crippen molar-refractivity contribution in [1.82, 2.24) is 4.90 Å². The van der Waals surface area contributed by atoms with Crippen LogP contribution in [0.5, 0.6) is 5.75 Å². The van der Waals surface area contributed by atoms with Crippen LogP contribution < -0.4 is 4.74 Å². The topological polar surface area (TPSA) is 57.2 Å². The van der Waals surface area contributed by atoms with Gasteiger partial charge in [-0.3, -0.25) is 4.90 Å². The Kier molecular flexibility index (Phi) is 4.92. The van der Waals surface area contributed by atoms with Crippen molar-refractivity contribution < 1.29 is 23.7 Å². The summed E-state index contributed by atoms with van der Waals surface area (Å²) in [6, 6.07) is 7.59. The molecular formula is C16H19NO5. The first-order valence-corrected chi connectivity index (χ1v) is 7.38. The first kappa shape index (κ1) is 14.9. The van der Waals surface area contributed by atoms with E-state index in [4.69, 9.17) is 18.9 Å². The quantitative estimate of drug-likeness (QED) is 0.792. The van der Waals surface area contributed by atoms with Crippen molar-refractivity contribution in [1.29, 1.82) is 0 Å². The second-order valence-corrected chi connectivity index (χ2v) is 5.09. The molecule has 1 aromatic carbocycles. The third-order valence-electron chi connectivity index (χ3n) is 3.55. The van der Waals surface area contributed by atoms with E-state index in [0.717, 1.165) is 37.6 Å². The molecule has 1 aromatic rings. The molecule has 1 fully saturated rings. The predicted octanol–water partition coefficient (Wildman–Crippen LogP) is 1.91. The first-order chi connectivity index (χ1) is 10.8. The van der Waals surface area contributed by atoms with Crippen LogP contribution in [0.2, 0.25) is 0 Å². The van der Waals surface area contributed by atoms with Crippen molar-refractivity contribution in [2.24, 2.45) is 0 Å². The molecule has 1 saturated heterocycles. The highest BCUT2D eigenvalue weighted by Crippen LogP contribution is 2.26. The monoisotopic (exact) mass is 305 g/mol. The average molecular weight is 305 g/mol. The number of benzene rings is 1. The van der Waals surface area contributed by atoms with Crippen LogP contribution in [-0.2, 0) is 14.2 Å². The van der Waals surface area contributed by atoms with Crippen molar-refractivity contribution in [3.8, 4) is 5.75 Å². The van der Waals surface area contributed by atoms with Gasteiger partial charge in [0.1, 0.15) is 24.7 Å². The molecule has 0 saturated carbocycles. The van der Waals surface area contributed by atoms with Crippen molar-refractivity contribution in [3.05, 3.63) is 35.6 Å². The molecule has 0 amide bonds. The standard InChI is InChI=1S/C16H19NO5/c18-16(20-10-7-17-5-8-19-9-6-17)22-14-11-13-3-1-2-4-15(13)21-12-14/h1-4,11H,5-10,12H2. The molecule has 0 bridgehead atoms. The molecule has 6 nitrogen and oxygen atoms in total. The maximum Gasteiger partial charge on any atom is 0.513 e. The van der Waals surface area contributed by atoms with Gasteiger partial charge in [-0.2, -0.15) is 0 Å². The molecule has 2 heterocycles. The van der Waals surface area contributed by atoms with Crippen molar-refractivity contribution in [3.63, 3.8) is 0 Å². The van der Waals surface area contributed by atoms with Gasteiger partial charge in [-0.1, -0.05) is 18.2 Å². The summed E-state index contributed by atoms with van der Waals surface area (Å²) in [4.78, 5) is 13.9. The average Bonchev–Trinajstić information content (AvgIpc) is 2.56. The van der Waals surface area contributed by atoms with Gasteiger partial charge in [-0.25, -0.2) is 4.79 Å². The highest BCUT2D eigenvalue weighted by molar-refractivity contribution is 5.66. The molecule has 0 unspecified atom stereocenters. The molecule has 0 aliphatic carbocycles. The highest BCUT2D eigenvalue weighted by atomic mass is 16.7. The summed E-state index contributed by atoms with van der Waals surface area (Å²) in [6.07, 6.45) is 1.10. The number of hydrogen-bond donors (Lipinski definition) is 0. The highest BCUT2D eigenvalue weighted by Gasteiger charge is 2.16. The van der Waals surface area contributed by atoms with Crippen LogP contribution in [0.25, 0.3) is 6.08 Å². The number of hydrogen-bond acceptors (Lipinski definition) is 6. The minimum Gasteiger partial charge on any atom is -0.485 e. The Balaban J connectivity index is 1.43. The number of carbonyl (C=O) groups excluding carboxylic acids is 1. The van der Waals surface area contributed by atoms with Crippen LogP contribution in [-0.4, -0.2) is 57.1 Å². The molecule has 0 radical (unpaired) electrons. The van der Waals surface area contributed by atoms with Gasteiger partial charge in [-0.15, -0.1) is 0 Å². The van der Waals surface area contributed by atoms with Gasteiger partial charge in [-0.05, 0) is 12.1 Å². The molecule has 0 atom stereocenters. The number of para-hydroxylation sites is 1. The minimum atomic E-state index is -0.692. The fourth-order valence-electron chi connectivity index (χ4n) is 2.37. The lowest BCUT2D eigenvalue weighted by molar-refractivity contribution is 0.0198. The zero-order chi connectivity index (χ0) is 15.2. The second kappa shape index (κ2) is 7.29. The maximum atomic E-state index is 11.7. The summed E-state index contributed by atoms with van der Waals surface area (Å²) in [5.74, 6) is 1.24. The van der Waals surface area contributed by atoms with Gasteiger partial charge in [0, 0.05) is 25.2 Å². The Morgan fingerprint density at radius 2 is 2.05 bits per heavy atom. The zero-order valence-electron chi connectivity index (χ0n) is 12.3. The van der Waals surface area contributed by atoms with Crippen molar-refractivity contribution in [2.75, 3.05) is 46.1 Å². The van der Waals surface area contributed by atoms with E-state index in [1.54, 1.807) is 6.08 Å². The smallest absolute Gasteiger partial charge is 0.485 e. The molecule has 118 valence electrons. The number of nitrogens with zero attached hydrogens (tertiary/aromatic N) is 1. The van der Waals surface area contributed by atoms with Gasteiger partial charge in [0.2, 0.25) is 0 Å². The third kappa shape index (κ3) is 3.99.